The van der Waals surface area contributed by atoms with Crippen LogP contribution in [-0.2, 0) is 16.1 Å². The summed E-state index contributed by atoms with van der Waals surface area (Å²) in [7, 11) is 2.77. The lowest BCUT2D eigenvalue weighted by atomic mass is 9.92. The molecule has 1 amide bonds. The number of alkyl halides is 1. The predicted octanol–water partition coefficient (Wildman–Crippen LogP) is 2.58. The Labute approximate surface area is 210 Å². The van der Waals surface area contributed by atoms with Crippen LogP contribution < -0.4 is 20.6 Å². The lowest BCUT2D eigenvalue weighted by molar-refractivity contribution is -0.112. The minimum Gasteiger partial charge on any atom is -0.481 e. The number of rotatable bonds is 7. The van der Waals surface area contributed by atoms with Crippen molar-refractivity contribution >= 4 is 41.1 Å². The van der Waals surface area contributed by atoms with Gasteiger partial charge in [0.15, 0.2) is 6.17 Å². The van der Waals surface area contributed by atoms with Crippen LogP contribution in [0.4, 0.5) is 14.5 Å². The number of halogens is 3. The van der Waals surface area contributed by atoms with Gasteiger partial charge in [-0.2, -0.15) is 0 Å². The first-order chi connectivity index (χ1) is 17.1. The molecule has 36 heavy (non-hydrogen) atoms. The standard InChI is InChI=1S/C25H23ClF2N4O4/c1-13-22(23(33)24(34)31-15-5-6-29-21(8-15)35-3)16-10-25(2,36-4)20(28)9-19(16)32(13)12-18-17(27)7-14(26)11-30-18/h5-11,20H,12H2,1-4H3,(H,29,31,34). The fraction of sp³-hybridized carbons (Fsp3) is 0.280. The molecule has 0 aliphatic heterocycles. The molecule has 0 bridgehead atoms. The van der Waals surface area contributed by atoms with Gasteiger partial charge in [0.1, 0.15) is 11.4 Å². The first-order valence-corrected chi connectivity index (χ1v) is 11.2. The largest absolute Gasteiger partial charge is 0.481 e. The van der Waals surface area contributed by atoms with Crippen molar-refractivity contribution in [3.8, 4) is 5.88 Å². The van der Waals surface area contributed by atoms with Gasteiger partial charge in [0, 0.05) is 47.5 Å². The number of hydrogen-bond acceptors (Lipinski definition) is 6. The number of ketones is 1. The molecule has 0 fully saturated rings. The zero-order valence-electron chi connectivity index (χ0n) is 19.9. The third-order valence-corrected chi connectivity index (χ3v) is 6.36. The van der Waals surface area contributed by atoms with Crippen LogP contribution in [0.25, 0.3) is 12.2 Å². The van der Waals surface area contributed by atoms with Gasteiger partial charge >= 0.3 is 0 Å². The van der Waals surface area contributed by atoms with E-state index in [0.717, 1.165) is 6.07 Å². The molecule has 0 spiro atoms. The molecule has 0 saturated carbocycles. The fourth-order valence-electron chi connectivity index (χ4n) is 4.05. The zero-order chi connectivity index (χ0) is 26.2. The summed E-state index contributed by atoms with van der Waals surface area (Å²) in [6, 6.07) is 4.09. The molecule has 1 aliphatic rings. The van der Waals surface area contributed by atoms with Crippen molar-refractivity contribution in [3.63, 3.8) is 0 Å². The molecule has 188 valence electrons. The van der Waals surface area contributed by atoms with Gasteiger partial charge in [0.2, 0.25) is 5.88 Å². The molecule has 2 atom stereocenters. The Morgan fingerprint density at radius 1 is 1.28 bits per heavy atom. The van der Waals surface area contributed by atoms with Crippen molar-refractivity contribution in [2.45, 2.75) is 32.2 Å². The Morgan fingerprint density at radius 3 is 2.69 bits per heavy atom. The van der Waals surface area contributed by atoms with E-state index in [1.807, 2.05) is 0 Å². The summed E-state index contributed by atoms with van der Waals surface area (Å²) in [6.07, 6.45) is 3.92. The highest BCUT2D eigenvalue weighted by molar-refractivity contribution is 6.46. The van der Waals surface area contributed by atoms with Gasteiger partial charge in [0.25, 0.3) is 11.7 Å². The molecule has 2 unspecified atom stereocenters. The summed E-state index contributed by atoms with van der Waals surface area (Å²) in [5.74, 6) is -2.18. The number of ether oxygens (including phenoxy) is 2. The highest BCUT2D eigenvalue weighted by atomic mass is 35.5. The average Bonchev–Trinajstić information content (AvgIpc) is 3.10. The summed E-state index contributed by atoms with van der Waals surface area (Å²) in [6.45, 7) is 3.01. The van der Waals surface area contributed by atoms with Crippen LogP contribution in [-0.4, -0.2) is 52.2 Å². The van der Waals surface area contributed by atoms with Gasteiger partial charge in [-0.1, -0.05) is 11.6 Å². The third-order valence-electron chi connectivity index (χ3n) is 6.15. The molecule has 11 heteroatoms. The lowest BCUT2D eigenvalue weighted by Crippen LogP contribution is -2.47. The number of nitrogens with zero attached hydrogens (tertiary/aromatic N) is 3. The van der Waals surface area contributed by atoms with Gasteiger partial charge in [-0.3, -0.25) is 14.6 Å². The monoisotopic (exact) mass is 516 g/mol. The molecular weight excluding hydrogens is 494 g/mol. The SMILES string of the molecule is COc1cc(NC(=O)C(=O)c2c(C)n(Cc3ncc(Cl)cc3F)c3c2=CC(C)(OC)C(F)C=3)ccn1. The first-order valence-electron chi connectivity index (χ1n) is 10.9. The second kappa shape index (κ2) is 9.79. The van der Waals surface area contributed by atoms with Crippen molar-refractivity contribution in [1.82, 2.24) is 14.5 Å². The number of nitrogens with one attached hydrogen (secondary N) is 1. The molecule has 4 rings (SSSR count). The van der Waals surface area contributed by atoms with Crippen molar-refractivity contribution in [1.29, 1.82) is 0 Å². The number of amides is 1. The summed E-state index contributed by atoms with van der Waals surface area (Å²) in [4.78, 5) is 34.4. The van der Waals surface area contributed by atoms with E-state index < -0.39 is 29.3 Å². The molecule has 1 N–H and O–H groups in total. The number of aromatic nitrogens is 3. The van der Waals surface area contributed by atoms with Gasteiger partial charge in [-0.25, -0.2) is 13.8 Å². The molecular formula is C25H23ClF2N4O4. The lowest BCUT2D eigenvalue weighted by Gasteiger charge is -2.28. The molecule has 3 aromatic rings. The predicted molar refractivity (Wildman–Crippen MR) is 130 cm³/mol. The van der Waals surface area contributed by atoms with Gasteiger partial charge < -0.3 is 19.4 Å². The van der Waals surface area contributed by atoms with Crippen molar-refractivity contribution in [3.05, 3.63) is 69.0 Å². The Balaban J connectivity index is 1.83. The minimum atomic E-state index is -1.56. The highest BCUT2D eigenvalue weighted by Crippen LogP contribution is 2.24. The minimum absolute atomic E-state index is 0.0384. The van der Waals surface area contributed by atoms with E-state index in [1.165, 1.54) is 57.8 Å². The number of pyridine rings is 2. The van der Waals surface area contributed by atoms with Crippen LogP contribution in [0.15, 0.2) is 30.6 Å². The maximum absolute atomic E-state index is 15.1. The number of fused-ring (bicyclic) bond motifs is 1. The molecule has 3 aromatic heterocycles. The normalized spacial score (nSPS) is 18.6. The molecule has 0 saturated heterocycles. The molecule has 1 aliphatic carbocycles. The van der Waals surface area contributed by atoms with Gasteiger partial charge in [0.05, 0.1) is 29.9 Å². The van der Waals surface area contributed by atoms with Crippen molar-refractivity contribution in [2.75, 3.05) is 19.5 Å². The van der Waals surface area contributed by atoms with Gasteiger partial charge in [-0.15, -0.1) is 0 Å². The second-order valence-corrected chi connectivity index (χ2v) is 8.83. The molecule has 0 aromatic carbocycles. The summed E-state index contributed by atoms with van der Waals surface area (Å²) in [5.41, 5.74) is -0.650. The third kappa shape index (κ3) is 4.61. The van der Waals surface area contributed by atoms with E-state index >= 15 is 4.39 Å². The van der Waals surface area contributed by atoms with Crippen molar-refractivity contribution < 1.29 is 27.8 Å². The Kier molecular flexibility index (Phi) is 6.92. The van der Waals surface area contributed by atoms with Crippen LogP contribution in [0, 0.1) is 12.7 Å². The summed E-state index contributed by atoms with van der Waals surface area (Å²) < 4.78 is 41.6. The number of carbonyl (C=O) groups is 2. The van der Waals surface area contributed by atoms with E-state index in [2.05, 4.69) is 15.3 Å². The van der Waals surface area contributed by atoms with Crippen LogP contribution in [0.5, 0.6) is 5.88 Å². The zero-order valence-corrected chi connectivity index (χ0v) is 20.7. The quantitative estimate of drug-likeness (QED) is 0.383. The smallest absolute Gasteiger partial charge is 0.296 e. The van der Waals surface area contributed by atoms with E-state index in [1.54, 1.807) is 11.5 Å². The summed E-state index contributed by atoms with van der Waals surface area (Å²) >= 11 is 5.81. The number of hydrogen-bond donors (Lipinski definition) is 1. The Morgan fingerprint density at radius 2 is 2.03 bits per heavy atom. The molecule has 0 radical (unpaired) electrons. The van der Waals surface area contributed by atoms with Gasteiger partial charge in [-0.05, 0) is 38.1 Å². The van der Waals surface area contributed by atoms with Crippen LogP contribution >= 0.6 is 11.6 Å². The number of Topliss-reactive ketones (excluding diaryl/α,β-unsaturated/α-hetero) is 1. The topological polar surface area (TPSA) is 95.3 Å². The maximum atomic E-state index is 15.1. The Bertz CT molecular complexity index is 1490. The van der Waals surface area contributed by atoms with Crippen molar-refractivity contribution in [2.24, 2.45) is 0 Å². The van der Waals surface area contributed by atoms with E-state index in [4.69, 9.17) is 21.1 Å². The van der Waals surface area contributed by atoms with E-state index in [9.17, 15) is 14.0 Å². The first kappa shape index (κ1) is 25.5. The number of methoxy groups -OCH3 is 2. The Hall–Kier alpha value is -3.63. The van der Waals surface area contributed by atoms with Crippen LogP contribution in [0.3, 0.4) is 0 Å². The van der Waals surface area contributed by atoms with Crippen LogP contribution in [0.2, 0.25) is 5.02 Å². The molecule has 8 nitrogen and oxygen atoms in total. The summed E-state index contributed by atoms with van der Waals surface area (Å²) in [5, 5.41) is 3.28. The fourth-order valence-corrected chi connectivity index (χ4v) is 4.20. The number of carbonyl (C=O) groups excluding carboxylic acids is 2. The van der Waals surface area contributed by atoms with E-state index in [0.29, 0.717) is 21.9 Å². The number of anilines is 1. The maximum Gasteiger partial charge on any atom is 0.296 e. The van der Waals surface area contributed by atoms with E-state index in [-0.39, 0.29) is 28.7 Å². The van der Waals surface area contributed by atoms with Crippen LogP contribution in [0.1, 0.15) is 28.7 Å². The highest BCUT2D eigenvalue weighted by Gasteiger charge is 2.36. The molecule has 3 heterocycles. The second-order valence-electron chi connectivity index (χ2n) is 8.40. The average molecular weight is 517 g/mol.